The van der Waals surface area contributed by atoms with E-state index in [0.717, 1.165) is 39.1 Å². The van der Waals surface area contributed by atoms with Gasteiger partial charge in [0.25, 0.3) is 0 Å². The minimum Gasteiger partial charge on any atom is -0.487 e. The lowest BCUT2D eigenvalue weighted by Crippen LogP contribution is -2.21. The molecule has 0 aliphatic rings. The van der Waals surface area contributed by atoms with Crippen LogP contribution in [0.5, 0.6) is 5.75 Å². The van der Waals surface area contributed by atoms with Crippen LogP contribution < -0.4 is 59.8 Å². The summed E-state index contributed by atoms with van der Waals surface area (Å²) < 4.78 is 17.4. The third-order valence-corrected chi connectivity index (χ3v) is 16.2. The van der Waals surface area contributed by atoms with Crippen LogP contribution >= 0.6 is 58.0 Å². The van der Waals surface area contributed by atoms with Gasteiger partial charge < -0.3 is 41.3 Å². The van der Waals surface area contributed by atoms with Crippen molar-refractivity contribution in [3.8, 4) is 5.75 Å². The molecule has 13 rings (SSSR count). The Morgan fingerprint density at radius 2 is 0.929 bits per heavy atom. The maximum Gasteiger partial charge on any atom is 0.329 e. The van der Waals surface area contributed by atoms with E-state index < -0.39 is 9.85 Å². The second-order valence-corrected chi connectivity index (χ2v) is 24.1. The first-order valence-electron chi connectivity index (χ1n) is 34.1. The largest absolute Gasteiger partial charge is 0.487 e. The van der Waals surface area contributed by atoms with Gasteiger partial charge in [0.05, 0.1) is 55.4 Å². The predicted molar refractivity (Wildman–Crippen MR) is 455 cm³/mol. The summed E-state index contributed by atoms with van der Waals surface area (Å²) in [6.45, 7) is 26.5. The summed E-state index contributed by atoms with van der Waals surface area (Å²) in [7, 11) is 17.8. The van der Waals surface area contributed by atoms with Gasteiger partial charge in [-0.05, 0) is 63.5 Å². The van der Waals surface area contributed by atoms with E-state index in [0.29, 0.717) is 97.5 Å². The molecule has 0 aliphatic carbocycles. The average molecular weight is 1660 g/mol. The summed E-state index contributed by atoms with van der Waals surface area (Å²) in [6, 6.07) is 13.6. The van der Waals surface area contributed by atoms with E-state index >= 15 is 0 Å². The van der Waals surface area contributed by atoms with Crippen molar-refractivity contribution in [1.82, 2.24) is 91.7 Å². The van der Waals surface area contributed by atoms with Crippen molar-refractivity contribution in [2.75, 3.05) is 69.2 Å². The molecule has 0 fully saturated rings. The molecule has 13 heterocycles. The zero-order valence-corrected chi connectivity index (χ0v) is 68.9. The van der Waals surface area contributed by atoms with Crippen LogP contribution in [0.1, 0.15) is 34.6 Å². The number of nitrogens with two attached hydrogens (primary N) is 1. The van der Waals surface area contributed by atoms with E-state index in [1.807, 2.05) is 66.9 Å². The number of nitrogens with one attached hydrogen (secondary N) is 5. The molecule has 113 heavy (non-hydrogen) atoms. The number of rotatable bonds is 15. The van der Waals surface area contributed by atoms with Gasteiger partial charge in [0, 0.05) is 138 Å². The van der Waals surface area contributed by atoms with E-state index in [4.69, 9.17) is 68.5 Å². The number of aryl methyl sites for hydroxylation is 6. The standard InChI is InChI=1S/C10H10ClN3O.C10H14N4O.C9H8ClN3O.C8H8ClN3O.C8H10ClN3.C8H9N3O2.C7H6ClN3O.C7H8N2O3.C2H7N.2C2H6/c1-3-6-14-7-4-5-12-9(11)8(7)13(2)10(14)15;1-12(2)9-8-7(5-6-11-9)13(3)10(15)14(8)4;1-2-5-13-6-3-4-11-8(10)7(6)12-9(13)14;1-11-5-3-4-10-7(9)6(5)12(2)8(11)13;1-2-4-11-6-3-5-12-8(9)7(6)10;1-2-4-10-7-3-5-9-6-8(7)11(12)13;1-11-5-4(10-7(11)12)2-3-9-6(5)8;1-2-12-7-3-4-8-5-6(7)9(10)11;1-3-2;2*1-2/h3-5H,1,6H2,2H3;5-6H,1-4H3;2-4H,1,5H2,(H,12,14);3-4H,1-2H3;2-3,5H,1,4,10H2,(H,11,12);2-3,5-6H,1,4H2,(H,9,10);2-3H,1H3,(H,10,12);3-5H,2H2,1H3;3H,1-2H3;2*1-2H3. The summed E-state index contributed by atoms with van der Waals surface area (Å²) in [5, 5.41) is 31.2. The zero-order chi connectivity index (χ0) is 84.9. The fourth-order valence-electron chi connectivity index (χ4n) is 9.78. The van der Waals surface area contributed by atoms with Gasteiger partial charge in [-0.15, -0.1) is 26.3 Å². The highest BCUT2D eigenvalue weighted by Gasteiger charge is 2.18. The maximum atomic E-state index is 11.8. The molecule has 0 aliphatic heterocycles. The molecule has 13 aromatic heterocycles. The van der Waals surface area contributed by atoms with E-state index in [-0.39, 0.29) is 45.6 Å². The lowest BCUT2D eigenvalue weighted by Gasteiger charge is -2.12. The predicted octanol–water partition coefficient (Wildman–Crippen LogP) is 12.1. The van der Waals surface area contributed by atoms with Gasteiger partial charge in [0.15, 0.2) is 37.3 Å². The first-order valence-corrected chi connectivity index (χ1v) is 36.0. The van der Waals surface area contributed by atoms with Crippen molar-refractivity contribution in [3.63, 3.8) is 0 Å². The number of aromatic amines is 2. The van der Waals surface area contributed by atoms with Gasteiger partial charge in [-0.1, -0.05) is 110 Å². The molecule has 0 radical (unpaired) electrons. The number of aromatic nitrogens is 18. The Labute approximate surface area is 674 Å². The number of nitrogens with zero attached hydrogens (tertiary/aromatic N) is 19. The lowest BCUT2D eigenvalue weighted by molar-refractivity contribution is -0.386. The van der Waals surface area contributed by atoms with Crippen molar-refractivity contribution in [2.24, 2.45) is 42.3 Å². The van der Waals surface area contributed by atoms with Gasteiger partial charge in [-0.2, -0.15) is 0 Å². The van der Waals surface area contributed by atoms with Crippen molar-refractivity contribution < 1.29 is 14.6 Å². The number of allylic oxidation sites excluding steroid dienone is 2. The van der Waals surface area contributed by atoms with Crippen LogP contribution in [0.4, 0.5) is 34.3 Å². The number of halogens is 5. The Kier molecular flexibility index (Phi) is 40.1. The SMILES string of the molecule is C=CCNc1ccnc(Cl)c1N.C=CCNc1ccncc1[N+](=O)[O-].C=CCn1c(=O)[nH]c2c(Cl)nccc21.C=CCn1c(=O)n(C)c2c(Cl)nccc21.CC.CC.CCOc1ccncc1[N+](=O)[O-].CN(C)c1nccc2c1n(C)c(=O)n2C.CNC.Cn1c(=O)[nH]c2ccnc(Cl)c21.Cn1c(=O)n(C)c2c(Cl)nccc21. The molecule has 0 atom stereocenters. The fraction of sp³-hybridized carbons (Fsp3) is 0.274. The summed E-state index contributed by atoms with van der Waals surface area (Å²) in [6.07, 6.45) is 21.7. The highest BCUT2D eigenvalue weighted by atomic mass is 35.5. The Morgan fingerprint density at radius 3 is 1.44 bits per heavy atom. The minimum absolute atomic E-state index is 0.0237. The van der Waals surface area contributed by atoms with Crippen LogP contribution in [0, 0.1) is 20.2 Å². The zero-order valence-electron chi connectivity index (χ0n) is 65.1. The first-order chi connectivity index (χ1) is 53.9. The van der Waals surface area contributed by atoms with Gasteiger partial charge in [0.2, 0.25) is 0 Å². The molecule has 0 aromatic carbocycles. The van der Waals surface area contributed by atoms with Gasteiger partial charge in [0.1, 0.15) is 45.7 Å². The van der Waals surface area contributed by atoms with Crippen molar-refractivity contribution >= 4 is 147 Å². The van der Waals surface area contributed by atoms with E-state index in [9.17, 15) is 44.2 Å². The number of H-pyrrole nitrogens is 2. The lowest BCUT2D eigenvalue weighted by atomic mass is 10.3. The Hall–Kier alpha value is -12.3. The fourth-order valence-corrected chi connectivity index (χ4v) is 11.0. The monoisotopic (exact) mass is 1650 g/mol. The van der Waals surface area contributed by atoms with Crippen LogP contribution in [-0.2, 0) is 55.4 Å². The first kappa shape index (κ1) is 94.9. The van der Waals surface area contributed by atoms with Crippen molar-refractivity contribution in [2.45, 2.75) is 47.7 Å². The Balaban J connectivity index is 0.000000331. The quantitative estimate of drug-likeness (QED) is 0.0240. The Morgan fingerprint density at radius 1 is 0.504 bits per heavy atom. The van der Waals surface area contributed by atoms with Crippen LogP contribution in [-0.4, -0.2) is 144 Å². The van der Waals surface area contributed by atoms with Crippen LogP contribution in [0.25, 0.3) is 55.2 Å². The molecular formula is C73H92Cl5N25O10. The number of imidazole rings is 5. The third kappa shape index (κ3) is 25.1. The number of anilines is 4. The van der Waals surface area contributed by atoms with Gasteiger partial charge in [-0.3, -0.25) is 66.7 Å². The summed E-state index contributed by atoms with van der Waals surface area (Å²) in [5.41, 5.74) is 14.0. The molecule has 604 valence electrons. The van der Waals surface area contributed by atoms with E-state index in [2.05, 4.69) is 92.1 Å². The number of hydrogen-bond acceptors (Lipinski definition) is 23. The summed E-state index contributed by atoms with van der Waals surface area (Å²) in [4.78, 5) is 116. The summed E-state index contributed by atoms with van der Waals surface area (Å²) >= 11 is 29.1. The van der Waals surface area contributed by atoms with Crippen molar-refractivity contribution in [1.29, 1.82) is 0 Å². The van der Waals surface area contributed by atoms with Crippen LogP contribution in [0.3, 0.4) is 0 Å². The van der Waals surface area contributed by atoms with Crippen LogP contribution in [0.2, 0.25) is 25.8 Å². The molecular weight excluding hydrogens is 1560 g/mol. The van der Waals surface area contributed by atoms with Gasteiger partial charge in [-0.25, -0.2) is 53.9 Å². The third-order valence-electron chi connectivity index (χ3n) is 14.8. The minimum atomic E-state index is -0.516. The molecule has 0 unspecified atom stereocenters. The number of nitrogen functional groups attached to an aromatic ring is 1. The number of pyridine rings is 8. The molecule has 0 amide bonds. The average Bonchev–Trinajstić information content (AvgIpc) is 1.63. The van der Waals surface area contributed by atoms with Crippen LogP contribution in [0.15, 0.2) is 185 Å². The van der Waals surface area contributed by atoms with E-state index in [1.165, 1.54) is 44.6 Å². The molecule has 7 N–H and O–H groups in total. The number of fused-ring (bicyclic) bond motifs is 5. The maximum absolute atomic E-state index is 11.8. The second kappa shape index (κ2) is 47.7. The molecule has 0 saturated heterocycles. The number of ether oxygens (including phenoxy) is 1. The molecule has 13 aromatic rings. The number of hydrogen-bond donors (Lipinski definition) is 6. The molecule has 35 nitrogen and oxygen atoms in total. The molecule has 0 spiro atoms. The number of nitro groups is 2. The van der Waals surface area contributed by atoms with E-state index in [1.54, 1.807) is 170 Å². The molecule has 0 bridgehead atoms. The highest BCUT2D eigenvalue weighted by molar-refractivity contribution is 6.35. The molecule has 40 heteroatoms. The topological polar surface area (TPSA) is 420 Å². The van der Waals surface area contributed by atoms with Gasteiger partial charge >= 0.3 is 39.8 Å². The van der Waals surface area contributed by atoms with Crippen molar-refractivity contribution in [3.05, 3.63) is 260 Å². The molecule has 0 saturated carbocycles. The smallest absolute Gasteiger partial charge is 0.329 e. The summed E-state index contributed by atoms with van der Waals surface area (Å²) in [5.74, 6) is 1.07. The second-order valence-electron chi connectivity index (χ2n) is 22.3. The highest BCUT2D eigenvalue weighted by Crippen LogP contribution is 2.27. The Bertz CT molecular complexity index is 5660. The normalized spacial score (nSPS) is 9.95.